The number of rotatable bonds is 3. The Hall–Kier alpha value is -0.830. The van der Waals surface area contributed by atoms with Crippen LogP contribution < -0.4 is 10.0 Å². The highest BCUT2D eigenvalue weighted by molar-refractivity contribution is 7.89. The Labute approximate surface area is 119 Å². The maximum atomic E-state index is 12.5. The van der Waals surface area contributed by atoms with Crippen LogP contribution in [0.1, 0.15) is 12.0 Å². The third-order valence-electron chi connectivity index (χ3n) is 2.93. The minimum atomic E-state index is -4.56. The van der Waals surface area contributed by atoms with Crippen LogP contribution in [0.5, 0.6) is 0 Å². The van der Waals surface area contributed by atoms with Gasteiger partial charge in [-0.15, -0.1) is 0 Å². The van der Waals surface area contributed by atoms with Crippen molar-refractivity contribution >= 4 is 21.6 Å². The minimum absolute atomic E-state index is 0.279. The zero-order chi connectivity index (χ0) is 15.0. The molecule has 1 heterocycles. The molecule has 1 aliphatic heterocycles. The van der Waals surface area contributed by atoms with Crippen LogP contribution in [0.25, 0.3) is 0 Å². The van der Waals surface area contributed by atoms with Crippen LogP contribution in [-0.4, -0.2) is 27.5 Å². The van der Waals surface area contributed by atoms with Crippen LogP contribution in [0, 0.1) is 0 Å². The van der Waals surface area contributed by atoms with Gasteiger partial charge in [0.2, 0.25) is 10.0 Å². The maximum Gasteiger partial charge on any atom is 0.416 e. The lowest BCUT2D eigenvalue weighted by molar-refractivity contribution is -0.137. The molecule has 0 unspecified atom stereocenters. The predicted molar refractivity (Wildman–Crippen MR) is 68.1 cm³/mol. The Morgan fingerprint density at radius 1 is 1.35 bits per heavy atom. The molecule has 0 amide bonds. The fourth-order valence-electron chi connectivity index (χ4n) is 1.93. The van der Waals surface area contributed by atoms with E-state index < -0.39 is 26.8 Å². The van der Waals surface area contributed by atoms with Crippen LogP contribution in [0.15, 0.2) is 23.1 Å². The second-order valence-electron chi connectivity index (χ2n) is 4.45. The van der Waals surface area contributed by atoms with Gasteiger partial charge in [0.15, 0.2) is 0 Å². The molecule has 1 aromatic rings. The van der Waals surface area contributed by atoms with E-state index >= 15 is 0 Å². The van der Waals surface area contributed by atoms with E-state index in [1.807, 2.05) is 0 Å². The summed E-state index contributed by atoms with van der Waals surface area (Å²) in [6, 6.07) is 1.91. The first-order valence-corrected chi connectivity index (χ1v) is 7.66. The van der Waals surface area contributed by atoms with E-state index in [1.165, 1.54) is 0 Å². The second-order valence-corrected chi connectivity index (χ2v) is 6.54. The summed E-state index contributed by atoms with van der Waals surface area (Å²) in [5, 5.41) is 2.54. The van der Waals surface area contributed by atoms with Crippen LogP contribution in [0.2, 0.25) is 5.02 Å². The van der Waals surface area contributed by atoms with Crippen molar-refractivity contribution in [2.75, 3.05) is 13.1 Å². The van der Waals surface area contributed by atoms with Crippen LogP contribution in [0.3, 0.4) is 0 Å². The third-order valence-corrected chi connectivity index (χ3v) is 4.93. The van der Waals surface area contributed by atoms with Gasteiger partial charge in [0.1, 0.15) is 4.90 Å². The normalized spacial score (nSPS) is 20.3. The summed E-state index contributed by atoms with van der Waals surface area (Å²) < 4.78 is 64.0. The van der Waals surface area contributed by atoms with Crippen molar-refractivity contribution in [1.29, 1.82) is 0 Å². The first-order valence-electron chi connectivity index (χ1n) is 5.80. The molecule has 0 aliphatic carbocycles. The molecule has 2 rings (SSSR count). The van der Waals surface area contributed by atoms with Crippen molar-refractivity contribution < 1.29 is 21.6 Å². The molecule has 0 saturated carbocycles. The van der Waals surface area contributed by atoms with Crippen molar-refractivity contribution in [3.8, 4) is 0 Å². The largest absolute Gasteiger partial charge is 0.416 e. The SMILES string of the molecule is O=S(=O)(N[C@@H]1CCNC1)c1ccc(C(F)(F)F)cc1Cl. The molecule has 2 N–H and O–H groups in total. The Bertz CT molecular complexity index is 598. The van der Waals surface area contributed by atoms with E-state index in [1.54, 1.807) is 0 Å². The average Bonchev–Trinajstić information content (AvgIpc) is 2.79. The summed E-state index contributed by atoms with van der Waals surface area (Å²) >= 11 is 5.67. The predicted octanol–water partition coefficient (Wildman–Crippen LogP) is 2.00. The fraction of sp³-hybridized carbons (Fsp3) is 0.455. The summed E-state index contributed by atoms with van der Waals surface area (Å²) in [6.07, 6.45) is -3.94. The zero-order valence-electron chi connectivity index (χ0n) is 10.2. The quantitative estimate of drug-likeness (QED) is 0.892. The smallest absolute Gasteiger partial charge is 0.315 e. The average molecular weight is 329 g/mol. The Morgan fingerprint density at radius 3 is 2.55 bits per heavy atom. The number of nitrogens with one attached hydrogen (secondary N) is 2. The Balaban J connectivity index is 2.28. The van der Waals surface area contributed by atoms with Gasteiger partial charge in [0.05, 0.1) is 10.6 Å². The summed E-state index contributed by atoms with van der Waals surface area (Å²) in [5.74, 6) is 0. The zero-order valence-corrected chi connectivity index (χ0v) is 11.7. The van der Waals surface area contributed by atoms with Gasteiger partial charge in [-0.2, -0.15) is 13.2 Å². The van der Waals surface area contributed by atoms with Gasteiger partial charge in [-0.25, -0.2) is 13.1 Å². The molecule has 0 radical (unpaired) electrons. The molecule has 0 spiro atoms. The summed E-state index contributed by atoms with van der Waals surface area (Å²) in [4.78, 5) is -0.348. The first-order chi connectivity index (χ1) is 9.20. The van der Waals surface area contributed by atoms with E-state index in [9.17, 15) is 21.6 Å². The molecule has 1 saturated heterocycles. The monoisotopic (exact) mass is 328 g/mol. The maximum absolute atomic E-state index is 12.5. The highest BCUT2D eigenvalue weighted by Gasteiger charge is 2.32. The number of hydrogen-bond donors (Lipinski definition) is 2. The van der Waals surface area contributed by atoms with Gasteiger partial charge in [0, 0.05) is 12.6 Å². The van der Waals surface area contributed by atoms with E-state index in [0.717, 1.165) is 6.07 Å². The van der Waals surface area contributed by atoms with E-state index in [2.05, 4.69) is 10.0 Å². The molecule has 20 heavy (non-hydrogen) atoms. The van der Waals surface area contributed by atoms with Crippen LogP contribution in [0.4, 0.5) is 13.2 Å². The molecule has 1 aromatic carbocycles. The van der Waals surface area contributed by atoms with Crippen molar-refractivity contribution in [3.05, 3.63) is 28.8 Å². The summed E-state index contributed by atoms with van der Waals surface area (Å²) in [7, 11) is -3.93. The lowest BCUT2D eigenvalue weighted by atomic mass is 10.2. The number of alkyl halides is 3. The highest BCUT2D eigenvalue weighted by atomic mass is 35.5. The van der Waals surface area contributed by atoms with E-state index in [4.69, 9.17) is 11.6 Å². The van der Waals surface area contributed by atoms with Crippen molar-refractivity contribution in [3.63, 3.8) is 0 Å². The molecule has 4 nitrogen and oxygen atoms in total. The molecular formula is C11H12ClF3N2O2S. The topological polar surface area (TPSA) is 58.2 Å². The lowest BCUT2D eigenvalue weighted by Crippen LogP contribution is -2.36. The van der Waals surface area contributed by atoms with Crippen LogP contribution in [-0.2, 0) is 16.2 Å². The molecular weight excluding hydrogens is 317 g/mol. The standard InChI is InChI=1S/C11H12ClF3N2O2S/c12-9-5-7(11(13,14)15)1-2-10(9)20(18,19)17-8-3-4-16-6-8/h1-2,5,8,16-17H,3-4,6H2/t8-/m1/s1. The molecule has 1 atom stereocenters. The molecule has 0 bridgehead atoms. The molecule has 1 aliphatic rings. The van der Waals surface area contributed by atoms with Crippen molar-refractivity contribution in [2.24, 2.45) is 0 Å². The fourth-order valence-corrected chi connectivity index (χ4v) is 3.75. The Kier molecular flexibility index (Phi) is 4.29. The number of sulfonamides is 1. The van der Waals surface area contributed by atoms with Gasteiger partial charge in [-0.3, -0.25) is 0 Å². The number of hydrogen-bond acceptors (Lipinski definition) is 3. The second kappa shape index (κ2) is 5.51. The minimum Gasteiger partial charge on any atom is -0.315 e. The van der Waals surface area contributed by atoms with Crippen LogP contribution >= 0.6 is 11.6 Å². The van der Waals surface area contributed by atoms with Crippen molar-refractivity contribution in [2.45, 2.75) is 23.5 Å². The summed E-state index contributed by atoms with van der Waals surface area (Å²) in [6.45, 7) is 1.17. The first kappa shape index (κ1) is 15.6. The Morgan fingerprint density at radius 2 is 2.05 bits per heavy atom. The van der Waals surface area contributed by atoms with Gasteiger partial charge in [-0.05, 0) is 31.2 Å². The van der Waals surface area contributed by atoms with Gasteiger partial charge >= 0.3 is 6.18 Å². The number of halogens is 4. The molecule has 0 aromatic heterocycles. The van der Waals surface area contributed by atoms with E-state index in [0.29, 0.717) is 31.6 Å². The van der Waals surface area contributed by atoms with Gasteiger partial charge in [0.25, 0.3) is 0 Å². The third kappa shape index (κ3) is 3.43. The highest BCUT2D eigenvalue weighted by Crippen LogP contribution is 2.33. The molecule has 112 valence electrons. The van der Waals surface area contributed by atoms with Gasteiger partial charge in [-0.1, -0.05) is 11.6 Å². The van der Waals surface area contributed by atoms with Crippen molar-refractivity contribution in [1.82, 2.24) is 10.0 Å². The molecule has 1 fully saturated rings. The lowest BCUT2D eigenvalue weighted by Gasteiger charge is -2.14. The van der Waals surface area contributed by atoms with Gasteiger partial charge < -0.3 is 5.32 Å². The number of benzene rings is 1. The summed E-state index contributed by atoms with van der Waals surface area (Å²) in [5.41, 5.74) is -0.982. The van der Waals surface area contributed by atoms with E-state index in [-0.39, 0.29) is 10.9 Å². The molecule has 9 heteroatoms.